The fourth-order valence-corrected chi connectivity index (χ4v) is 4.45. The average molecular weight is 440 g/mol. The van der Waals surface area contributed by atoms with E-state index in [2.05, 4.69) is 20.8 Å². The van der Waals surface area contributed by atoms with Gasteiger partial charge in [0.05, 0.1) is 0 Å². The van der Waals surface area contributed by atoms with E-state index in [1.165, 1.54) is 0 Å². The first-order chi connectivity index (χ1) is 14.5. The van der Waals surface area contributed by atoms with Crippen molar-refractivity contribution in [2.45, 2.75) is 105 Å². The van der Waals surface area contributed by atoms with E-state index in [1.54, 1.807) is 6.08 Å². The quantitative estimate of drug-likeness (QED) is 0.311. The molecule has 0 saturated heterocycles. The van der Waals surface area contributed by atoms with Crippen LogP contribution in [0.4, 0.5) is 0 Å². The lowest BCUT2D eigenvalue weighted by molar-refractivity contribution is -0.145. The molecule has 0 bridgehead atoms. The van der Waals surface area contributed by atoms with Gasteiger partial charge in [0.25, 0.3) is 0 Å². The summed E-state index contributed by atoms with van der Waals surface area (Å²) in [6.45, 7) is 19.0. The van der Waals surface area contributed by atoms with Crippen molar-refractivity contribution in [1.29, 1.82) is 5.26 Å². The number of carbonyl (C=O) groups is 1. The molecule has 4 nitrogen and oxygen atoms in total. The summed E-state index contributed by atoms with van der Waals surface area (Å²) in [7, 11) is 0. The molecule has 1 aromatic rings. The van der Waals surface area contributed by atoms with Gasteiger partial charge in [-0.15, -0.1) is 0 Å². The van der Waals surface area contributed by atoms with Gasteiger partial charge in [-0.3, -0.25) is 0 Å². The van der Waals surface area contributed by atoms with Crippen LogP contribution in [-0.4, -0.2) is 17.2 Å². The lowest BCUT2D eigenvalue weighted by Crippen LogP contribution is -2.30. The Hall–Kier alpha value is -2.28. The minimum atomic E-state index is -0.561. The summed E-state index contributed by atoms with van der Waals surface area (Å²) >= 11 is 0. The van der Waals surface area contributed by atoms with Crippen molar-refractivity contribution < 1.29 is 14.6 Å². The number of phenolic OH excluding ortho intramolecular Hbond substituents is 1. The molecule has 0 aliphatic heterocycles. The van der Waals surface area contributed by atoms with Crippen molar-refractivity contribution in [2.24, 2.45) is 11.3 Å². The Balaban J connectivity index is 2.29. The Labute approximate surface area is 194 Å². The van der Waals surface area contributed by atoms with Gasteiger partial charge in [0.1, 0.15) is 23.5 Å². The van der Waals surface area contributed by atoms with Crippen molar-refractivity contribution in [3.63, 3.8) is 0 Å². The van der Waals surface area contributed by atoms with Gasteiger partial charge in [0.2, 0.25) is 0 Å². The van der Waals surface area contributed by atoms with Crippen LogP contribution in [0.1, 0.15) is 105 Å². The number of benzene rings is 1. The highest BCUT2D eigenvalue weighted by Crippen LogP contribution is 2.41. The van der Waals surface area contributed by atoms with E-state index in [-0.39, 0.29) is 33.7 Å². The van der Waals surface area contributed by atoms with Crippen molar-refractivity contribution in [2.75, 3.05) is 0 Å². The summed E-state index contributed by atoms with van der Waals surface area (Å²) in [6, 6.07) is 5.76. The third kappa shape index (κ3) is 6.37. The number of nitrogens with zero attached hydrogens (tertiary/aromatic N) is 1. The maximum Gasteiger partial charge on any atom is 0.349 e. The molecule has 0 spiro atoms. The summed E-state index contributed by atoms with van der Waals surface area (Å²) < 4.78 is 5.72. The number of rotatable bonds is 3. The SMILES string of the molecule is CC(C)(C)c1cc(C=C(C#N)C(=O)OC2CCC(C(C)(C)C)CC2)cc(C(C)(C)C)c1O. The Kier molecular flexibility index (Phi) is 7.55. The summed E-state index contributed by atoms with van der Waals surface area (Å²) in [5.74, 6) is 0.348. The van der Waals surface area contributed by atoms with Crippen molar-refractivity contribution in [3.05, 3.63) is 34.4 Å². The number of phenols is 1. The molecule has 1 N–H and O–H groups in total. The Morgan fingerprint density at radius 2 is 1.44 bits per heavy atom. The maximum absolute atomic E-state index is 12.8. The topological polar surface area (TPSA) is 70.3 Å². The van der Waals surface area contributed by atoms with E-state index in [0.717, 1.165) is 42.4 Å². The summed E-state index contributed by atoms with van der Waals surface area (Å²) in [5.41, 5.74) is 2.00. The monoisotopic (exact) mass is 439 g/mol. The Morgan fingerprint density at radius 1 is 0.969 bits per heavy atom. The highest BCUT2D eigenvalue weighted by molar-refractivity contribution is 5.98. The fraction of sp³-hybridized carbons (Fsp3) is 0.643. The van der Waals surface area contributed by atoms with Gasteiger partial charge in [0.15, 0.2) is 0 Å². The molecule has 0 atom stereocenters. The smallest absolute Gasteiger partial charge is 0.349 e. The van der Waals surface area contributed by atoms with Gasteiger partial charge in [-0.2, -0.15) is 5.26 Å². The fourth-order valence-electron chi connectivity index (χ4n) is 4.45. The van der Waals surface area contributed by atoms with Crippen LogP contribution in [0.5, 0.6) is 5.75 Å². The van der Waals surface area contributed by atoms with Crippen LogP contribution >= 0.6 is 0 Å². The van der Waals surface area contributed by atoms with E-state index in [9.17, 15) is 15.2 Å². The number of nitriles is 1. The molecule has 4 heteroatoms. The molecule has 0 unspecified atom stereocenters. The molecule has 1 aliphatic rings. The summed E-state index contributed by atoms with van der Waals surface area (Å²) in [6.07, 6.45) is 5.21. The molecule has 1 aromatic carbocycles. The third-order valence-corrected chi connectivity index (χ3v) is 6.57. The minimum absolute atomic E-state index is 0.00615. The van der Waals surface area contributed by atoms with E-state index in [1.807, 2.05) is 59.7 Å². The van der Waals surface area contributed by atoms with Crippen LogP contribution in [0.2, 0.25) is 0 Å². The minimum Gasteiger partial charge on any atom is -0.507 e. The first kappa shape index (κ1) is 26.0. The highest BCUT2D eigenvalue weighted by atomic mass is 16.5. The number of aromatic hydroxyl groups is 1. The van der Waals surface area contributed by atoms with Crippen LogP contribution < -0.4 is 0 Å². The number of ether oxygens (including phenoxy) is 1. The Bertz CT molecular complexity index is 871. The van der Waals surface area contributed by atoms with Gasteiger partial charge >= 0.3 is 5.97 Å². The van der Waals surface area contributed by atoms with Crippen molar-refractivity contribution in [1.82, 2.24) is 0 Å². The molecule has 1 fully saturated rings. The molecule has 176 valence electrons. The van der Waals surface area contributed by atoms with E-state index in [0.29, 0.717) is 5.92 Å². The van der Waals surface area contributed by atoms with Crippen LogP contribution in [0.15, 0.2) is 17.7 Å². The van der Waals surface area contributed by atoms with Gasteiger partial charge in [0, 0.05) is 11.1 Å². The van der Waals surface area contributed by atoms with E-state index < -0.39 is 5.97 Å². The number of hydrogen-bond donors (Lipinski definition) is 1. The van der Waals surface area contributed by atoms with E-state index >= 15 is 0 Å². The molecule has 2 rings (SSSR count). The number of esters is 1. The van der Waals surface area contributed by atoms with Crippen LogP contribution in [0.25, 0.3) is 6.08 Å². The second-order valence-electron chi connectivity index (χ2n) is 12.4. The van der Waals surface area contributed by atoms with Gasteiger partial charge in [-0.25, -0.2) is 4.79 Å². The van der Waals surface area contributed by atoms with Crippen LogP contribution in [-0.2, 0) is 20.4 Å². The second kappa shape index (κ2) is 9.30. The predicted octanol–water partition coefficient (Wildman–Crippen LogP) is 7.04. The average Bonchev–Trinajstić information content (AvgIpc) is 2.64. The lowest BCUT2D eigenvalue weighted by atomic mass is 9.72. The molecule has 32 heavy (non-hydrogen) atoms. The highest BCUT2D eigenvalue weighted by Gasteiger charge is 2.32. The second-order valence-corrected chi connectivity index (χ2v) is 12.4. The van der Waals surface area contributed by atoms with Gasteiger partial charge in [-0.1, -0.05) is 62.3 Å². The lowest BCUT2D eigenvalue weighted by Gasteiger charge is -2.36. The van der Waals surface area contributed by atoms with Crippen molar-refractivity contribution >= 4 is 12.0 Å². The maximum atomic E-state index is 12.8. The Morgan fingerprint density at radius 3 is 1.81 bits per heavy atom. The molecule has 1 saturated carbocycles. The summed E-state index contributed by atoms with van der Waals surface area (Å²) in [5, 5.41) is 20.6. The largest absolute Gasteiger partial charge is 0.507 e. The van der Waals surface area contributed by atoms with Crippen LogP contribution in [0.3, 0.4) is 0 Å². The van der Waals surface area contributed by atoms with Crippen LogP contribution in [0, 0.1) is 22.7 Å². The molecule has 0 radical (unpaired) electrons. The molecular formula is C28H41NO3. The zero-order valence-electron chi connectivity index (χ0n) is 21.4. The normalized spacial score (nSPS) is 20.6. The molecule has 1 aliphatic carbocycles. The molecule has 0 aromatic heterocycles. The summed E-state index contributed by atoms with van der Waals surface area (Å²) in [4.78, 5) is 12.8. The zero-order valence-corrected chi connectivity index (χ0v) is 21.4. The predicted molar refractivity (Wildman–Crippen MR) is 130 cm³/mol. The first-order valence-electron chi connectivity index (χ1n) is 11.7. The van der Waals surface area contributed by atoms with Gasteiger partial charge in [-0.05, 0) is 71.6 Å². The molecule has 0 heterocycles. The number of carbonyl (C=O) groups excluding carboxylic acids is 1. The van der Waals surface area contributed by atoms with E-state index in [4.69, 9.17) is 4.74 Å². The standard InChI is InChI=1S/C28H41NO3/c1-26(2,3)20-10-12-21(13-11-20)32-25(31)19(17-29)14-18-15-22(27(4,5)6)24(30)23(16-18)28(7,8)9/h14-16,20-21,30H,10-13H2,1-9H3. The number of hydrogen-bond acceptors (Lipinski definition) is 4. The molecular weight excluding hydrogens is 398 g/mol. The molecule has 0 amide bonds. The van der Waals surface area contributed by atoms with Gasteiger partial charge < -0.3 is 9.84 Å². The third-order valence-electron chi connectivity index (χ3n) is 6.57. The van der Waals surface area contributed by atoms with Crippen molar-refractivity contribution in [3.8, 4) is 11.8 Å². The first-order valence-corrected chi connectivity index (χ1v) is 11.7. The zero-order chi connectivity index (χ0) is 24.5.